The third-order valence-corrected chi connectivity index (χ3v) is 5.13. The van der Waals surface area contributed by atoms with Crippen molar-refractivity contribution in [3.8, 4) is 45.4 Å². The van der Waals surface area contributed by atoms with E-state index in [1.165, 1.54) is 0 Å². The first-order valence-electron chi connectivity index (χ1n) is 10.2. The SMILES string of the molecule is Cc1ccccc1-c1nc(-c2ccccc2)nc(-c2cccc(-c3ccccn3)c2)n1. The van der Waals surface area contributed by atoms with Crippen LogP contribution >= 0.6 is 0 Å². The minimum absolute atomic E-state index is 0.643. The van der Waals surface area contributed by atoms with Gasteiger partial charge in [0.2, 0.25) is 0 Å². The van der Waals surface area contributed by atoms with Gasteiger partial charge in [0.1, 0.15) is 0 Å². The molecule has 0 aliphatic rings. The molecular weight excluding hydrogens is 380 g/mol. The maximum Gasteiger partial charge on any atom is 0.164 e. The zero-order valence-corrected chi connectivity index (χ0v) is 17.1. The van der Waals surface area contributed by atoms with Crippen LogP contribution in [0.4, 0.5) is 0 Å². The Kier molecular flexibility index (Phi) is 5.03. The van der Waals surface area contributed by atoms with Gasteiger partial charge in [-0.2, -0.15) is 0 Å². The van der Waals surface area contributed by atoms with Crippen molar-refractivity contribution in [1.82, 2.24) is 19.9 Å². The number of aromatic nitrogens is 4. The van der Waals surface area contributed by atoms with Crippen LogP contribution in [0.15, 0.2) is 103 Å². The molecule has 4 nitrogen and oxygen atoms in total. The Morgan fingerprint density at radius 3 is 1.94 bits per heavy atom. The van der Waals surface area contributed by atoms with Crippen molar-refractivity contribution in [3.63, 3.8) is 0 Å². The van der Waals surface area contributed by atoms with Crippen LogP contribution in [0, 0.1) is 6.92 Å². The van der Waals surface area contributed by atoms with E-state index >= 15 is 0 Å². The molecule has 0 spiro atoms. The summed E-state index contributed by atoms with van der Waals surface area (Å²) in [4.78, 5) is 19.0. The molecule has 0 saturated heterocycles. The van der Waals surface area contributed by atoms with Gasteiger partial charge in [0.25, 0.3) is 0 Å². The molecule has 0 bridgehead atoms. The third-order valence-electron chi connectivity index (χ3n) is 5.13. The fraction of sp³-hybridized carbons (Fsp3) is 0.0370. The fourth-order valence-corrected chi connectivity index (χ4v) is 3.52. The number of aryl methyl sites for hydroxylation is 1. The van der Waals surface area contributed by atoms with Gasteiger partial charge < -0.3 is 0 Å². The van der Waals surface area contributed by atoms with Crippen LogP contribution in [-0.4, -0.2) is 19.9 Å². The van der Waals surface area contributed by atoms with Crippen LogP contribution in [0.3, 0.4) is 0 Å². The Morgan fingerprint density at radius 2 is 1.16 bits per heavy atom. The summed E-state index contributed by atoms with van der Waals surface area (Å²) in [5, 5.41) is 0. The molecule has 148 valence electrons. The lowest BCUT2D eigenvalue weighted by molar-refractivity contribution is 1.07. The van der Waals surface area contributed by atoms with Gasteiger partial charge >= 0.3 is 0 Å². The molecule has 0 aliphatic heterocycles. The lowest BCUT2D eigenvalue weighted by Gasteiger charge is -2.10. The van der Waals surface area contributed by atoms with E-state index in [0.717, 1.165) is 33.5 Å². The zero-order valence-electron chi connectivity index (χ0n) is 17.1. The van der Waals surface area contributed by atoms with Crippen molar-refractivity contribution < 1.29 is 0 Å². The fourth-order valence-electron chi connectivity index (χ4n) is 3.52. The first-order chi connectivity index (χ1) is 15.3. The van der Waals surface area contributed by atoms with Crippen LogP contribution in [0.25, 0.3) is 45.4 Å². The summed E-state index contributed by atoms with van der Waals surface area (Å²) >= 11 is 0. The molecule has 0 amide bonds. The summed E-state index contributed by atoms with van der Waals surface area (Å²) in [7, 11) is 0. The number of benzene rings is 3. The Labute approximate surface area is 181 Å². The van der Waals surface area contributed by atoms with E-state index in [1.54, 1.807) is 6.20 Å². The molecule has 0 atom stereocenters. The second kappa shape index (κ2) is 8.28. The standard InChI is InChI=1S/C27H20N4/c1-19-10-5-6-15-23(19)27-30-25(20-11-3-2-4-12-20)29-26(31-27)22-14-9-13-21(18-22)24-16-7-8-17-28-24/h2-18H,1H3. The zero-order chi connectivity index (χ0) is 21.0. The maximum absolute atomic E-state index is 4.85. The molecule has 2 heterocycles. The van der Waals surface area contributed by atoms with E-state index in [0.29, 0.717) is 17.5 Å². The summed E-state index contributed by atoms with van der Waals surface area (Å²) in [6.07, 6.45) is 1.80. The average Bonchev–Trinajstić information content (AvgIpc) is 2.85. The molecule has 0 aliphatic carbocycles. The van der Waals surface area contributed by atoms with Gasteiger partial charge in [-0.1, -0.05) is 78.9 Å². The molecule has 31 heavy (non-hydrogen) atoms. The second-order valence-corrected chi connectivity index (χ2v) is 7.28. The predicted molar refractivity (Wildman–Crippen MR) is 124 cm³/mol. The van der Waals surface area contributed by atoms with Gasteiger partial charge in [0.05, 0.1) is 5.69 Å². The van der Waals surface area contributed by atoms with Gasteiger partial charge in [0.15, 0.2) is 17.5 Å². The highest BCUT2D eigenvalue weighted by Crippen LogP contribution is 2.28. The van der Waals surface area contributed by atoms with Crippen LogP contribution in [0.1, 0.15) is 5.56 Å². The summed E-state index contributed by atoms with van der Waals surface area (Å²) < 4.78 is 0. The highest BCUT2D eigenvalue weighted by atomic mass is 15.0. The van der Waals surface area contributed by atoms with Crippen molar-refractivity contribution in [3.05, 3.63) is 109 Å². The lowest BCUT2D eigenvalue weighted by atomic mass is 10.1. The van der Waals surface area contributed by atoms with Gasteiger partial charge in [-0.15, -0.1) is 0 Å². The van der Waals surface area contributed by atoms with Crippen molar-refractivity contribution >= 4 is 0 Å². The van der Waals surface area contributed by atoms with E-state index in [-0.39, 0.29) is 0 Å². The summed E-state index contributed by atoms with van der Waals surface area (Å²) in [6, 6.07) is 32.2. The number of pyridine rings is 1. The Balaban J connectivity index is 1.69. The van der Waals surface area contributed by atoms with E-state index in [1.807, 2.05) is 84.9 Å². The molecule has 5 aromatic rings. The van der Waals surface area contributed by atoms with E-state index in [4.69, 9.17) is 15.0 Å². The van der Waals surface area contributed by atoms with Gasteiger partial charge in [-0.25, -0.2) is 15.0 Å². The van der Waals surface area contributed by atoms with Crippen LogP contribution in [-0.2, 0) is 0 Å². The molecule has 0 saturated carbocycles. The monoisotopic (exact) mass is 400 g/mol. The Bertz CT molecular complexity index is 1330. The molecule has 5 rings (SSSR count). The molecular formula is C27H20N4. The molecule has 0 N–H and O–H groups in total. The Morgan fingerprint density at radius 1 is 0.516 bits per heavy atom. The van der Waals surface area contributed by atoms with Crippen LogP contribution in [0.2, 0.25) is 0 Å². The first kappa shape index (κ1) is 18.8. The number of hydrogen-bond acceptors (Lipinski definition) is 4. The van der Waals surface area contributed by atoms with Crippen molar-refractivity contribution in [2.75, 3.05) is 0 Å². The van der Waals surface area contributed by atoms with E-state index < -0.39 is 0 Å². The van der Waals surface area contributed by atoms with Crippen LogP contribution < -0.4 is 0 Å². The van der Waals surface area contributed by atoms with Gasteiger partial charge in [-0.05, 0) is 30.7 Å². The molecule has 0 unspecified atom stereocenters. The van der Waals surface area contributed by atoms with E-state index in [9.17, 15) is 0 Å². The normalized spacial score (nSPS) is 10.7. The van der Waals surface area contributed by atoms with E-state index in [2.05, 4.69) is 24.0 Å². The average molecular weight is 400 g/mol. The number of rotatable bonds is 4. The number of nitrogens with zero attached hydrogens (tertiary/aromatic N) is 4. The predicted octanol–water partition coefficient (Wildman–Crippen LogP) is 6.24. The van der Waals surface area contributed by atoms with Crippen molar-refractivity contribution in [2.45, 2.75) is 6.92 Å². The highest BCUT2D eigenvalue weighted by molar-refractivity contribution is 5.71. The first-order valence-corrected chi connectivity index (χ1v) is 10.2. The largest absolute Gasteiger partial charge is 0.256 e. The maximum atomic E-state index is 4.85. The summed E-state index contributed by atoms with van der Waals surface area (Å²) in [5.41, 5.74) is 5.96. The number of hydrogen-bond donors (Lipinski definition) is 0. The third kappa shape index (κ3) is 3.96. The highest BCUT2D eigenvalue weighted by Gasteiger charge is 2.14. The van der Waals surface area contributed by atoms with Gasteiger partial charge in [-0.3, -0.25) is 4.98 Å². The molecule has 4 heteroatoms. The summed E-state index contributed by atoms with van der Waals surface area (Å²) in [6.45, 7) is 2.07. The quantitative estimate of drug-likeness (QED) is 0.358. The molecule has 2 aromatic heterocycles. The topological polar surface area (TPSA) is 51.6 Å². The van der Waals surface area contributed by atoms with Crippen LogP contribution in [0.5, 0.6) is 0 Å². The Hall–Kier alpha value is -4.18. The summed E-state index contributed by atoms with van der Waals surface area (Å²) in [5.74, 6) is 1.97. The molecule has 0 fully saturated rings. The smallest absolute Gasteiger partial charge is 0.164 e. The second-order valence-electron chi connectivity index (χ2n) is 7.28. The van der Waals surface area contributed by atoms with Crippen molar-refractivity contribution in [2.24, 2.45) is 0 Å². The van der Waals surface area contributed by atoms with Crippen molar-refractivity contribution in [1.29, 1.82) is 0 Å². The minimum Gasteiger partial charge on any atom is -0.256 e. The lowest BCUT2D eigenvalue weighted by Crippen LogP contribution is -2.01. The minimum atomic E-state index is 0.643. The molecule has 0 radical (unpaired) electrons. The van der Waals surface area contributed by atoms with Gasteiger partial charge in [0, 0.05) is 28.5 Å². The molecule has 3 aromatic carbocycles.